The van der Waals surface area contributed by atoms with Crippen LogP contribution < -0.4 is 16.4 Å². The Morgan fingerprint density at radius 1 is 0.897 bits per heavy atom. The van der Waals surface area contributed by atoms with Crippen LogP contribution in [0.2, 0.25) is 0 Å². The summed E-state index contributed by atoms with van der Waals surface area (Å²) in [5, 5.41) is 11.7. The molecule has 7 rings (SSSR count). The SMILES string of the molecule is NC(=O)c1c(NC(=O)c2c(Nc3ccccc3)nn3c4c(cnc23)CCc2ccccc2-4)sc2c1CCCC2. The highest BCUT2D eigenvalue weighted by atomic mass is 32.1. The van der Waals surface area contributed by atoms with E-state index >= 15 is 0 Å². The molecule has 0 atom stereocenters. The van der Waals surface area contributed by atoms with E-state index in [-0.39, 0.29) is 5.91 Å². The van der Waals surface area contributed by atoms with Gasteiger partial charge in [-0.05, 0) is 67.3 Å². The third-order valence-electron chi connectivity index (χ3n) is 7.56. The van der Waals surface area contributed by atoms with Crippen molar-refractivity contribution in [3.05, 3.63) is 93.5 Å². The lowest BCUT2D eigenvalue weighted by molar-refractivity contribution is 0.100. The van der Waals surface area contributed by atoms with E-state index in [0.717, 1.165) is 71.5 Å². The van der Waals surface area contributed by atoms with Gasteiger partial charge in [0, 0.05) is 22.3 Å². The third-order valence-corrected chi connectivity index (χ3v) is 8.77. The van der Waals surface area contributed by atoms with Crippen molar-refractivity contribution in [2.75, 3.05) is 10.6 Å². The number of aryl methyl sites for hydroxylation is 3. The zero-order valence-electron chi connectivity index (χ0n) is 21.2. The third kappa shape index (κ3) is 3.97. The molecule has 0 unspecified atom stereocenters. The van der Waals surface area contributed by atoms with Gasteiger partial charge in [0.05, 0.1) is 11.3 Å². The number of thiophene rings is 1. The van der Waals surface area contributed by atoms with E-state index < -0.39 is 5.91 Å². The van der Waals surface area contributed by atoms with Crippen molar-refractivity contribution in [1.29, 1.82) is 0 Å². The van der Waals surface area contributed by atoms with E-state index in [9.17, 15) is 9.59 Å². The molecule has 5 aromatic rings. The Labute approximate surface area is 228 Å². The lowest BCUT2D eigenvalue weighted by Crippen LogP contribution is -2.19. The number of nitrogens with zero attached hydrogens (tertiary/aromatic N) is 3. The average molecular weight is 535 g/mol. The maximum absolute atomic E-state index is 14.0. The molecular weight excluding hydrogens is 508 g/mol. The highest BCUT2D eigenvalue weighted by Crippen LogP contribution is 2.39. The quantitative estimate of drug-likeness (QED) is 0.274. The lowest BCUT2D eigenvalue weighted by atomic mass is 9.90. The summed E-state index contributed by atoms with van der Waals surface area (Å²) in [5.41, 5.74) is 13.1. The number of aromatic nitrogens is 3. The zero-order chi connectivity index (χ0) is 26.5. The molecule has 2 aliphatic rings. The Balaban J connectivity index is 1.39. The highest BCUT2D eigenvalue weighted by molar-refractivity contribution is 7.17. The molecule has 0 saturated heterocycles. The summed E-state index contributed by atoms with van der Waals surface area (Å²) in [6, 6.07) is 17.9. The molecule has 2 aromatic carbocycles. The number of nitrogens with one attached hydrogen (secondary N) is 2. The lowest BCUT2D eigenvalue weighted by Gasteiger charge is -2.19. The Morgan fingerprint density at radius 3 is 2.51 bits per heavy atom. The second kappa shape index (κ2) is 9.36. The fraction of sp³-hybridized carbons (Fsp3) is 0.200. The van der Waals surface area contributed by atoms with Crippen LogP contribution in [-0.2, 0) is 25.7 Å². The van der Waals surface area contributed by atoms with Gasteiger partial charge >= 0.3 is 0 Å². The maximum Gasteiger partial charge on any atom is 0.263 e. The number of rotatable bonds is 5. The molecule has 2 aliphatic carbocycles. The number of anilines is 3. The number of benzene rings is 2. The number of hydrogen-bond acceptors (Lipinski definition) is 6. The van der Waals surface area contributed by atoms with Crippen LogP contribution in [0.25, 0.3) is 16.9 Å². The van der Waals surface area contributed by atoms with Crippen LogP contribution >= 0.6 is 11.3 Å². The predicted octanol–water partition coefficient (Wildman–Crippen LogP) is 5.53. The van der Waals surface area contributed by atoms with Gasteiger partial charge in [0.1, 0.15) is 10.6 Å². The van der Waals surface area contributed by atoms with Crippen LogP contribution in [0.4, 0.5) is 16.5 Å². The fourth-order valence-corrected chi connectivity index (χ4v) is 7.05. The van der Waals surface area contributed by atoms with Gasteiger partial charge in [-0.2, -0.15) is 0 Å². The normalized spacial score (nSPS) is 13.8. The Kier molecular flexibility index (Phi) is 5.66. The van der Waals surface area contributed by atoms with Crippen LogP contribution in [0, 0.1) is 0 Å². The second-order valence-corrected chi connectivity index (χ2v) is 11.1. The number of fused-ring (bicyclic) bond motifs is 6. The van der Waals surface area contributed by atoms with Gasteiger partial charge in [-0.25, -0.2) is 9.50 Å². The number of hydrogen-bond donors (Lipinski definition) is 3. The van der Waals surface area contributed by atoms with Crippen molar-refractivity contribution >= 4 is 45.3 Å². The van der Waals surface area contributed by atoms with Crippen molar-refractivity contribution in [3.8, 4) is 11.3 Å². The smallest absolute Gasteiger partial charge is 0.263 e. The Morgan fingerprint density at radius 2 is 1.67 bits per heavy atom. The van der Waals surface area contributed by atoms with Gasteiger partial charge in [-0.3, -0.25) is 9.59 Å². The van der Waals surface area contributed by atoms with Crippen molar-refractivity contribution in [2.45, 2.75) is 38.5 Å². The molecule has 0 aliphatic heterocycles. The van der Waals surface area contributed by atoms with Gasteiger partial charge in [-0.15, -0.1) is 16.4 Å². The van der Waals surface area contributed by atoms with Crippen molar-refractivity contribution in [3.63, 3.8) is 0 Å². The first kappa shape index (κ1) is 23.6. The van der Waals surface area contributed by atoms with Crippen LogP contribution in [0.1, 0.15) is 55.1 Å². The topological polar surface area (TPSA) is 114 Å². The first-order valence-corrected chi connectivity index (χ1v) is 14.0. The number of nitrogens with two attached hydrogens (primary N) is 1. The van der Waals surface area contributed by atoms with E-state index in [1.807, 2.05) is 48.7 Å². The minimum Gasteiger partial charge on any atom is -0.365 e. The molecule has 0 saturated carbocycles. The summed E-state index contributed by atoms with van der Waals surface area (Å²) in [5.74, 6) is -0.512. The van der Waals surface area contributed by atoms with Crippen LogP contribution in [0.5, 0.6) is 0 Å². The van der Waals surface area contributed by atoms with Gasteiger partial charge in [0.25, 0.3) is 11.8 Å². The summed E-state index contributed by atoms with van der Waals surface area (Å²) in [4.78, 5) is 32.3. The van der Waals surface area contributed by atoms with Crippen molar-refractivity contribution < 1.29 is 9.59 Å². The maximum atomic E-state index is 14.0. The molecule has 194 valence electrons. The summed E-state index contributed by atoms with van der Waals surface area (Å²) >= 11 is 1.44. The molecule has 8 nitrogen and oxygen atoms in total. The number of primary amides is 1. The summed E-state index contributed by atoms with van der Waals surface area (Å²) in [6.07, 6.45) is 7.39. The predicted molar refractivity (Wildman–Crippen MR) is 153 cm³/mol. The van der Waals surface area contributed by atoms with E-state index in [1.54, 1.807) is 4.52 Å². The molecule has 0 radical (unpaired) electrons. The number of carbonyl (C=O) groups excluding carboxylic acids is 2. The summed E-state index contributed by atoms with van der Waals surface area (Å²) in [6.45, 7) is 0. The van der Waals surface area contributed by atoms with E-state index in [4.69, 9.17) is 15.8 Å². The minimum absolute atomic E-state index is 0.312. The van der Waals surface area contributed by atoms with Crippen LogP contribution in [0.3, 0.4) is 0 Å². The van der Waals surface area contributed by atoms with Gasteiger partial charge < -0.3 is 16.4 Å². The monoisotopic (exact) mass is 534 g/mol. The van der Waals surface area contributed by atoms with Gasteiger partial charge in [-0.1, -0.05) is 42.5 Å². The van der Waals surface area contributed by atoms with E-state index in [0.29, 0.717) is 27.6 Å². The summed E-state index contributed by atoms with van der Waals surface area (Å²) in [7, 11) is 0. The second-order valence-electron chi connectivity index (χ2n) is 9.97. The first-order valence-electron chi connectivity index (χ1n) is 13.1. The molecule has 39 heavy (non-hydrogen) atoms. The van der Waals surface area contributed by atoms with E-state index in [2.05, 4.69) is 22.8 Å². The molecule has 0 spiro atoms. The molecule has 9 heteroatoms. The van der Waals surface area contributed by atoms with Crippen molar-refractivity contribution in [1.82, 2.24) is 14.6 Å². The average Bonchev–Trinajstić information content (AvgIpc) is 3.51. The summed E-state index contributed by atoms with van der Waals surface area (Å²) < 4.78 is 1.78. The van der Waals surface area contributed by atoms with E-state index in [1.165, 1.54) is 16.9 Å². The molecular formula is C30H26N6O2S. The standard InChI is InChI=1S/C30H26N6O2S/c31-26(37)23-21-12-6-7-13-22(21)39-30(23)34-29(38)24-27(33-19-9-2-1-3-10-19)35-36-25-18(16-32-28(24)36)15-14-17-8-4-5-11-20(17)25/h1-5,8-11,16H,6-7,12-15H2,(H2,31,37)(H,33,35)(H,34,38). The molecule has 3 heterocycles. The Hall–Kier alpha value is -4.50. The highest BCUT2D eigenvalue weighted by Gasteiger charge is 2.30. The van der Waals surface area contributed by atoms with Gasteiger partial charge in [0.15, 0.2) is 11.5 Å². The van der Waals surface area contributed by atoms with Crippen LogP contribution in [-0.4, -0.2) is 26.4 Å². The minimum atomic E-state index is -0.518. The Bertz CT molecular complexity index is 1770. The van der Waals surface area contributed by atoms with Gasteiger partial charge in [0.2, 0.25) is 0 Å². The molecule has 0 fully saturated rings. The molecule has 2 amide bonds. The first-order chi connectivity index (χ1) is 19.1. The number of amides is 2. The number of carbonyl (C=O) groups is 2. The molecule has 4 N–H and O–H groups in total. The molecule has 3 aromatic heterocycles. The number of para-hydroxylation sites is 1. The van der Waals surface area contributed by atoms with Crippen LogP contribution in [0.15, 0.2) is 60.8 Å². The zero-order valence-corrected chi connectivity index (χ0v) is 22.0. The van der Waals surface area contributed by atoms with Crippen molar-refractivity contribution in [2.24, 2.45) is 5.73 Å². The largest absolute Gasteiger partial charge is 0.365 e. The fourth-order valence-electron chi connectivity index (χ4n) is 5.76. The molecule has 0 bridgehead atoms.